The first-order chi connectivity index (χ1) is 8.16. The number of hydrogen-bond donors (Lipinski definition) is 1. The van der Waals surface area contributed by atoms with E-state index in [-0.39, 0.29) is 11.6 Å². The normalized spacial score (nSPS) is 10.0. The number of anilines is 1. The highest BCUT2D eigenvalue weighted by Crippen LogP contribution is 2.14. The molecular formula is C12H10ClN3O. The number of aryl methyl sites for hydroxylation is 1. The number of amides is 1. The van der Waals surface area contributed by atoms with Gasteiger partial charge in [0.05, 0.1) is 0 Å². The van der Waals surface area contributed by atoms with Crippen LogP contribution in [0.2, 0.25) is 5.02 Å². The van der Waals surface area contributed by atoms with Gasteiger partial charge in [0.15, 0.2) is 0 Å². The molecule has 0 saturated heterocycles. The third kappa shape index (κ3) is 2.79. The van der Waals surface area contributed by atoms with E-state index in [1.165, 1.54) is 12.3 Å². The summed E-state index contributed by atoms with van der Waals surface area (Å²) in [5.41, 5.74) is 1.89. The van der Waals surface area contributed by atoms with Crippen molar-refractivity contribution in [1.29, 1.82) is 0 Å². The van der Waals surface area contributed by atoms with Gasteiger partial charge in [-0.15, -0.1) is 0 Å². The predicted molar refractivity (Wildman–Crippen MR) is 66.2 cm³/mol. The second-order valence-electron chi connectivity index (χ2n) is 3.50. The zero-order valence-electron chi connectivity index (χ0n) is 9.14. The van der Waals surface area contributed by atoms with Crippen molar-refractivity contribution in [3.8, 4) is 0 Å². The van der Waals surface area contributed by atoms with E-state index in [1.54, 1.807) is 24.5 Å². The maximum Gasteiger partial charge on any atom is 0.274 e. The Balaban J connectivity index is 2.20. The molecule has 17 heavy (non-hydrogen) atoms. The van der Waals surface area contributed by atoms with E-state index in [0.29, 0.717) is 10.7 Å². The van der Waals surface area contributed by atoms with Crippen LogP contribution in [0.1, 0.15) is 16.1 Å². The summed E-state index contributed by atoms with van der Waals surface area (Å²) in [4.78, 5) is 19.8. The lowest BCUT2D eigenvalue weighted by Gasteiger charge is -2.06. The Hall–Kier alpha value is -1.94. The first-order valence-corrected chi connectivity index (χ1v) is 5.38. The summed E-state index contributed by atoms with van der Waals surface area (Å²) in [5.74, 6) is -0.290. The Labute approximate surface area is 104 Å². The number of halogens is 1. The van der Waals surface area contributed by atoms with Gasteiger partial charge in [0, 0.05) is 29.3 Å². The largest absolute Gasteiger partial charge is 0.320 e. The standard InChI is InChI=1S/C12H10ClN3O/c1-8-7-14-4-3-10(8)16-12(17)11-6-9(13)2-5-15-11/h2-7H,1H3,(H,14,16,17). The van der Waals surface area contributed by atoms with Gasteiger partial charge in [-0.1, -0.05) is 11.6 Å². The molecule has 0 aliphatic heterocycles. The number of nitrogens with one attached hydrogen (secondary N) is 1. The molecule has 1 amide bonds. The van der Waals surface area contributed by atoms with Crippen LogP contribution in [-0.2, 0) is 0 Å². The molecule has 0 aliphatic carbocycles. The Morgan fingerprint density at radius 3 is 2.88 bits per heavy atom. The highest BCUT2D eigenvalue weighted by molar-refractivity contribution is 6.30. The van der Waals surface area contributed by atoms with Gasteiger partial charge in [-0.3, -0.25) is 14.8 Å². The molecule has 2 heterocycles. The Morgan fingerprint density at radius 2 is 2.18 bits per heavy atom. The number of hydrogen-bond acceptors (Lipinski definition) is 3. The molecule has 86 valence electrons. The van der Waals surface area contributed by atoms with E-state index in [9.17, 15) is 4.79 Å². The molecule has 2 rings (SSSR count). The van der Waals surface area contributed by atoms with E-state index in [0.717, 1.165) is 5.56 Å². The Morgan fingerprint density at radius 1 is 1.35 bits per heavy atom. The number of nitrogens with zero attached hydrogens (tertiary/aromatic N) is 2. The van der Waals surface area contributed by atoms with Gasteiger partial charge in [-0.25, -0.2) is 0 Å². The molecule has 0 saturated carbocycles. The van der Waals surface area contributed by atoms with Crippen molar-refractivity contribution >= 4 is 23.2 Å². The summed E-state index contributed by atoms with van der Waals surface area (Å²) in [6, 6.07) is 4.88. The van der Waals surface area contributed by atoms with Gasteiger partial charge in [0.25, 0.3) is 5.91 Å². The summed E-state index contributed by atoms with van der Waals surface area (Å²) in [6.07, 6.45) is 4.80. The lowest BCUT2D eigenvalue weighted by Crippen LogP contribution is -2.14. The average molecular weight is 248 g/mol. The van der Waals surface area contributed by atoms with Crippen LogP contribution in [0, 0.1) is 6.92 Å². The molecule has 1 N–H and O–H groups in total. The average Bonchev–Trinajstić information content (AvgIpc) is 2.32. The highest BCUT2D eigenvalue weighted by atomic mass is 35.5. The van der Waals surface area contributed by atoms with Crippen LogP contribution in [0.3, 0.4) is 0 Å². The maximum absolute atomic E-state index is 11.9. The summed E-state index contributed by atoms with van der Waals surface area (Å²) < 4.78 is 0. The van der Waals surface area contributed by atoms with E-state index < -0.39 is 0 Å². The SMILES string of the molecule is Cc1cnccc1NC(=O)c1cc(Cl)ccn1. The third-order valence-electron chi connectivity index (χ3n) is 2.22. The molecule has 0 spiro atoms. The van der Waals surface area contributed by atoms with Crippen molar-refractivity contribution in [3.63, 3.8) is 0 Å². The fraction of sp³-hybridized carbons (Fsp3) is 0.0833. The van der Waals surface area contributed by atoms with Crippen molar-refractivity contribution in [2.45, 2.75) is 6.92 Å². The number of carbonyl (C=O) groups excluding carboxylic acids is 1. The number of pyridine rings is 2. The minimum atomic E-state index is -0.290. The van der Waals surface area contributed by atoms with Crippen LogP contribution in [0.25, 0.3) is 0 Å². The molecule has 0 fully saturated rings. The first kappa shape index (κ1) is 11.5. The minimum Gasteiger partial charge on any atom is -0.320 e. The van der Waals surface area contributed by atoms with Gasteiger partial charge in [0.1, 0.15) is 5.69 Å². The Bertz CT molecular complexity index is 557. The fourth-order valence-electron chi connectivity index (χ4n) is 1.33. The Kier molecular flexibility index (Phi) is 3.35. The molecule has 0 bridgehead atoms. The minimum absolute atomic E-state index is 0.286. The summed E-state index contributed by atoms with van der Waals surface area (Å²) >= 11 is 5.79. The number of aromatic nitrogens is 2. The number of rotatable bonds is 2. The van der Waals surface area contributed by atoms with Gasteiger partial charge in [-0.05, 0) is 30.7 Å². The van der Waals surface area contributed by atoms with E-state index in [1.807, 2.05) is 6.92 Å². The van der Waals surface area contributed by atoms with Gasteiger partial charge in [-0.2, -0.15) is 0 Å². The van der Waals surface area contributed by atoms with Crippen molar-refractivity contribution in [3.05, 3.63) is 53.1 Å². The molecule has 0 unspecified atom stereocenters. The molecule has 4 nitrogen and oxygen atoms in total. The molecule has 0 atom stereocenters. The van der Waals surface area contributed by atoms with Crippen molar-refractivity contribution < 1.29 is 4.79 Å². The lowest BCUT2D eigenvalue weighted by molar-refractivity contribution is 0.102. The molecular weight excluding hydrogens is 238 g/mol. The maximum atomic E-state index is 11.9. The van der Waals surface area contributed by atoms with Crippen LogP contribution in [0.15, 0.2) is 36.8 Å². The molecule has 0 aliphatic rings. The van der Waals surface area contributed by atoms with Crippen LogP contribution in [0.4, 0.5) is 5.69 Å². The fourth-order valence-corrected chi connectivity index (χ4v) is 1.49. The summed E-state index contributed by atoms with van der Waals surface area (Å²) in [6.45, 7) is 1.87. The van der Waals surface area contributed by atoms with E-state index in [2.05, 4.69) is 15.3 Å². The quantitative estimate of drug-likeness (QED) is 0.888. The van der Waals surface area contributed by atoms with E-state index in [4.69, 9.17) is 11.6 Å². The predicted octanol–water partition coefficient (Wildman–Crippen LogP) is 2.69. The monoisotopic (exact) mass is 247 g/mol. The molecule has 0 aromatic carbocycles. The molecule has 5 heteroatoms. The number of carbonyl (C=O) groups is 1. The first-order valence-electron chi connectivity index (χ1n) is 5.00. The van der Waals surface area contributed by atoms with Crippen molar-refractivity contribution in [2.24, 2.45) is 0 Å². The van der Waals surface area contributed by atoms with E-state index >= 15 is 0 Å². The van der Waals surface area contributed by atoms with Gasteiger partial charge < -0.3 is 5.32 Å². The molecule has 0 radical (unpaired) electrons. The second kappa shape index (κ2) is 4.93. The van der Waals surface area contributed by atoms with Gasteiger partial charge in [0.2, 0.25) is 0 Å². The van der Waals surface area contributed by atoms with Gasteiger partial charge >= 0.3 is 0 Å². The molecule has 2 aromatic rings. The van der Waals surface area contributed by atoms with Crippen molar-refractivity contribution in [1.82, 2.24) is 9.97 Å². The van der Waals surface area contributed by atoms with Crippen LogP contribution < -0.4 is 5.32 Å². The van der Waals surface area contributed by atoms with Crippen LogP contribution in [0.5, 0.6) is 0 Å². The molecule has 2 aromatic heterocycles. The second-order valence-corrected chi connectivity index (χ2v) is 3.94. The topological polar surface area (TPSA) is 54.9 Å². The van der Waals surface area contributed by atoms with Crippen LogP contribution in [-0.4, -0.2) is 15.9 Å². The smallest absolute Gasteiger partial charge is 0.274 e. The lowest BCUT2D eigenvalue weighted by atomic mass is 10.2. The summed E-state index contributed by atoms with van der Waals surface area (Å²) in [5, 5.41) is 3.24. The summed E-state index contributed by atoms with van der Waals surface area (Å²) in [7, 11) is 0. The van der Waals surface area contributed by atoms with Crippen molar-refractivity contribution in [2.75, 3.05) is 5.32 Å². The third-order valence-corrected chi connectivity index (χ3v) is 2.46. The van der Waals surface area contributed by atoms with Crippen LogP contribution >= 0.6 is 11.6 Å². The zero-order chi connectivity index (χ0) is 12.3. The highest BCUT2D eigenvalue weighted by Gasteiger charge is 2.09. The zero-order valence-corrected chi connectivity index (χ0v) is 9.90.